The third-order valence-electron chi connectivity index (χ3n) is 3.27. The van der Waals surface area contributed by atoms with Crippen molar-refractivity contribution in [2.45, 2.75) is 25.7 Å². The van der Waals surface area contributed by atoms with Crippen LogP contribution in [-0.4, -0.2) is 28.6 Å². The number of carbonyl (C=O) groups is 2. The molecule has 5 nitrogen and oxygen atoms in total. The summed E-state index contributed by atoms with van der Waals surface area (Å²) in [6.07, 6.45) is -0.751. The molecule has 108 valence electrons. The lowest BCUT2D eigenvalue weighted by Gasteiger charge is -2.15. The van der Waals surface area contributed by atoms with Crippen LogP contribution in [0.5, 0.6) is 0 Å². The number of carbonyl (C=O) groups excluding carboxylic acids is 2. The van der Waals surface area contributed by atoms with Crippen LogP contribution in [0.15, 0.2) is 30.3 Å². The standard InChI is InChI=1S/C14H16INO4/c1-9-11(7-15)20-13(17)12(9)16-14(18)19-8-10-5-3-2-4-6-10/h2-6,9,11-12H,7-8H2,1H3,(H,16,18)/t9-,11-,12-/m1/s1. The molecule has 0 spiro atoms. The molecule has 0 unspecified atom stereocenters. The molecular weight excluding hydrogens is 373 g/mol. The third kappa shape index (κ3) is 3.62. The monoisotopic (exact) mass is 389 g/mol. The summed E-state index contributed by atoms with van der Waals surface area (Å²) in [6, 6.07) is 8.75. The van der Waals surface area contributed by atoms with E-state index in [4.69, 9.17) is 9.47 Å². The van der Waals surface area contributed by atoms with Crippen molar-refractivity contribution in [1.82, 2.24) is 5.32 Å². The molecule has 1 amide bonds. The van der Waals surface area contributed by atoms with Gasteiger partial charge in [-0.25, -0.2) is 9.59 Å². The Morgan fingerprint density at radius 1 is 1.40 bits per heavy atom. The van der Waals surface area contributed by atoms with Crippen LogP contribution < -0.4 is 5.32 Å². The summed E-state index contributed by atoms with van der Waals surface area (Å²) in [5, 5.41) is 2.57. The van der Waals surface area contributed by atoms with E-state index in [1.54, 1.807) is 0 Å². The topological polar surface area (TPSA) is 64.6 Å². The summed E-state index contributed by atoms with van der Waals surface area (Å²) in [6.45, 7) is 2.06. The van der Waals surface area contributed by atoms with Gasteiger partial charge in [0.25, 0.3) is 0 Å². The van der Waals surface area contributed by atoms with Crippen molar-refractivity contribution in [2.75, 3.05) is 4.43 Å². The molecule has 6 heteroatoms. The molecule has 1 N–H and O–H groups in total. The highest BCUT2D eigenvalue weighted by molar-refractivity contribution is 14.1. The minimum Gasteiger partial charge on any atom is -0.460 e. The predicted octanol–water partition coefficient (Wildman–Crippen LogP) is 2.28. The first-order valence-electron chi connectivity index (χ1n) is 6.35. The fraction of sp³-hybridized carbons (Fsp3) is 0.429. The molecule has 0 aliphatic carbocycles. The fourth-order valence-corrected chi connectivity index (χ4v) is 3.00. The van der Waals surface area contributed by atoms with Crippen LogP contribution in [-0.2, 0) is 20.9 Å². The van der Waals surface area contributed by atoms with Gasteiger partial charge in [0.15, 0.2) is 0 Å². The summed E-state index contributed by atoms with van der Waals surface area (Å²) in [4.78, 5) is 23.4. The van der Waals surface area contributed by atoms with Gasteiger partial charge in [0.05, 0.1) is 0 Å². The highest BCUT2D eigenvalue weighted by atomic mass is 127. The van der Waals surface area contributed by atoms with Crippen LogP contribution in [0.4, 0.5) is 4.79 Å². The molecule has 1 fully saturated rings. The van der Waals surface area contributed by atoms with Gasteiger partial charge in [-0.15, -0.1) is 0 Å². The van der Waals surface area contributed by atoms with E-state index < -0.39 is 18.1 Å². The van der Waals surface area contributed by atoms with Crippen molar-refractivity contribution >= 4 is 34.7 Å². The number of alkyl carbamates (subject to hydrolysis) is 1. The van der Waals surface area contributed by atoms with E-state index in [0.717, 1.165) is 5.56 Å². The van der Waals surface area contributed by atoms with E-state index in [0.29, 0.717) is 4.43 Å². The minimum absolute atomic E-state index is 0.0522. The van der Waals surface area contributed by atoms with Gasteiger partial charge >= 0.3 is 12.1 Å². The molecule has 0 bridgehead atoms. The highest BCUT2D eigenvalue weighted by Gasteiger charge is 2.42. The van der Waals surface area contributed by atoms with Gasteiger partial charge in [-0.3, -0.25) is 0 Å². The number of amides is 1. The van der Waals surface area contributed by atoms with Gasteiger partial charge in [0.2, 0.25) is 0 Å². The average molecular weight is 389 g/mol. The maximum Gasteiger partial charge on any atom is 0.408 e. The number of ether oxygens (including phenoxy) is 2. The molecule has 1 saturated heterocycles. The molecule has 0 radical (unpaired) electrons. The van der Waals surface area contributed by atoms with Crippen molar-refractivity contribution in [2.24, 2.45) is 5.92 Å². The summed E-state index contributed by atoms with van der Waals surface area (Å²) < 4.78 is 11.0. The minimum atomic E-state index is -0.627. The van der Waals surface area contributed by atoms with Gasteiger partial charge in [0.1, 0.15) is 18.8 Å². The summed E-state index contributed by atoms with van der Waals surface area (Å²) in [5.41, 5.74) is 0.898. The van der Waals surface area contributed by atoms with Crippen LogP contribution in [0.2, 0.25) is 0 Å². The van der Waals surface area contributed by atoms with Crippen LogP contribution in [0, 0.1) is 5.92 Å². The second-order valence-corrected chi connectivity index (χ2v) is 5.55. The molecule has 1 aliphatic heterocycles. The number of hydrogen-bond acceptors (Lipinski definition) is 4. The lowest BCUT2D eigenvalue weighted by Crippen LogP contribution is -2.42. The number of rotatable bonds is 4. The Morgan fingerprint density at radius 3 is 2.70 bits per heavy atom. The molecule has 3 atom stereocenters. The summed E-state index contributed by atoms with van der Waals surface area (Å²) >= 11 is 2.16. The zero-order valence-electron chi connectivity index (χ0n) is 11.0. The number of alkyl halides is 1. The van der Waals surface area contributed by atoms with Gasteiger partial charge < -0.3 is 14.8 Å². The first kappa shape index (κ1) is 15.1. The van der Waals surface area contributed by atoms with Gasteiger partial charge in [-0.1, -0.05) is 59.8 Å². The number of halogens is 1. The summed E-state index contributed by atoms with van der Waals surface area (Å²) in [5.74, 6) is -0.445. The van der Waals surface area contributed by atoms with Crippen molar-refractivity contribution in [3.05, 3.63) is 35.9 Å². The van der Waals surface area contributed by atoms with Gasteiger partial charge in [-0.05, 0) is 5.56 Å². The van der Waals surface area contributed by atoms with E-state index in [-0.39, 0.29) is 18.6 Å². The quantitative estimate of drug-likeness (QED) is 0.488. The van der Waals surface area contributed by atoms with Crippen molar-refractivity contribution in [3.63, 3.8) is 0 Å². The number of benzene rings is 1. The Labute approximate surface area is 131 Å². The van der Waals surface area contributed by atoms with Crippen LogP contribution in [0.25, 0.3) is 0 Å². The van der Waals surface area contributed by atoms with E-state index in [9.17, 15) is 9.59 Å². The maximum absolute atomic E-state index is 11.7. The predicted molar refractivity (Wildman–Crippen MR) is 81.5 cm³/mol. The SMILES string of the molecule is C[C@@H]1[C@@H](CI)OC(=O)[C@@H]1NC(=O)OCc1ccccc1. The van der Waals surface area contributed by atoms with Crippen LogP contribution in [0.3, 0.4) is 0 Å². The molecule has 20 heavy (non-hydrogen) atoms. The Kier molecular flexibility index (Phi) is 5.22. The number of hydrogen-bond donors (Lipinski definition) is 1. The first-order chi connectivity index (χ1) is 9.61. The molecule has 1 aromatic rings. The van der Waals surface area contributed by atoms with Crippen LogP contribution in [0.1, 0.15) is 12.5 Å². The van der Waals surface area contributed by atoms with E-state index in [2.05, 4.69) is 27.9 Å². The largest absolute Gasteiger partial charge is 0.460 e. The fourth-order valence-electron chi connectivity index (χ4n) is 2.01. The Bertz CT molecular complexity index is 479. The van der Waals surface area contributed by atoms with E-state index in [1.165, 1.54) is 0 Å². The first-order valence-corrected chi connectivity index (χ1v) is 7.88. The molecule has 2 rings (SSSR count). The number of cyclic esters (lactones) is 1. The Balaban J connectivity index is 1.84. The number of nitrogens with one attached hydrogen (secondary N) is 1. The lowest BCUT2D eigenvalue weighted by atomic mass is 10.0. The molecule has 0 saturated carbocycles. The van der Waals surface area contributed by atoms with Gasteiger partial charge in [-0.2, -0.15) is 0 Å². The zero-order valence-corrected chi connectivity index (χ0v) is 13.2. The van der Waals surface area contributed by atoms with E-state index >= 15 is 0 Å². The average Bonchev–Trinajstić information content (AvgIpc) is 2.73. The molecule has 1 aromatic carbocycles. The molecular formula is C14H16INO4. The Hall–Kier alpha value is -1.31. The second-order valence-electron chi connectivity index (χ2n) is 4.67. The molecule has 1 aliphatic rings. The molecule has 0 aromatic heterocycles. The zero-order chi connectivity index (χ0) is 14.5. The second kappa shape index (κ2) is 6.92. The molecule has 1 heterocycles. The summed E-state index contributed by atoms with van der Waals surface area (Å²) in [7, 11) is 0. The van der Waals surface area contributed by atoms with Crippen molar-refractivity contribution in [1.29, 1.82) is 0 Å². The van der Waals surface area contributed by atoms with Crippen molar-refractivity contribution in [3.8, 4) is 0 Å². The number of esters is 1. The maximum atomic E-state index is 11.7. The highest BCUT2D eigenvalue weighted by Crippen LogP contribution is 2.24. The van der Waals surface area contributed by atoms with Crippen molar-refractivity contribution < 1.29 is 19.1 Å². The Morgan fingerprint density at radius 2 is 2.10 bits per heavy atom. The van der Waals surface area contributed by atoms with E-state index in [1.807, 2.05) is 37.3 Å². The third-order valence-corrected chi connectivity index (χ3v) is 4.14. The normalized spacial score (nSPS) is 25.1. The lowest BCUT2D eigenvalue weighted by molar-refractivity contribution is -0.142. The van der Waals surface area contributed by atoms with Crippen LogP contribution >= 0.6 is 22.6 Å². The van der Waals surface area contributed by atoms with Gasteiger partial charge in [0, 0.05) is 10.3 Å². The smallest absolute Gasteiger partial charge is 0.408 e.